The summed E-state index contributed by atoms with van der Waals surface area (Å²) in [4.78, 5) is 25.1. The molecule has 2 N–H and O–H groups in total. The zero-order valence-electron chi connectivity index (χ0n) is 10.5. The highest BCUT2D eigenvalue weighted by molar-refractivity contribution is 5.92. The molecule has 104 valence electrons. The Kier molecular flexibility index (Phi) is 4.24. The van der Waals surface area contributed by atoms with Crippen LogP contribution in [0.15, 0.2) is 41.2 Å². The molecule has 4 nitrogen and oxygen atoms in total. The number of benzene rings is 1. The lowest BCUT2D eigenvalue weighted by Crippen LogP contribution is -2.28. The van der Waals surface area contributed by atoms with Crippen LogP contribution in [-0.2, 0) is 6.42 Å². The van der Waals surface area contributed by atoms with Gasteiger partial charge in [0.05, 0.1) is 0 Å². The molecule has 0 saturated heterocycles. The average molecular weight is 278 g/mol. The van der Waals surface area contributed by atoms with Crippen molar-refractivity contribution in [3.8, 4) is 0 Å². The fourth-order valence-corrected chi connectivity index (χ4v) is 1.75. The van der Waals surface area contributed by atoms with Crippen LogP contribution < -0.4 is 10.9 Å². The van der Waals surface area contributed by atoms with E-state index >= 15 is 0 Å². The summed E-state index contributed by atoms with van der Waals surface area (Å²) in [6.07, 6.45) is 0.289. The molecule has 2 aromatic rings. The molecular formula is C14H12F2N2O2. The van der Waals surface area contributed by atoms with Crippen LogP contribution in [0, 0.1) is 11.6 Å². The lowest BCUT2D eigenvalue weighted by Gasteiger charge is -2.05. The molecule has 0 unspecified atom stereocenters. The van der Waals surface area contributed by atoms with E-state index in [1.807, 2.05) is 0 Å². The number of carbonyl (C=O) groups excluding carboxylic acids is 1. The monoisotopic (exact) mass is 278 g/mol. The SMILES string of the molecule is O=C(NCCc1cc(F)cc(F)c1)c1cccc(=O)[nH]1. The number of hydrogen-bond donors (Lipinski definition) is 2. The van der Waals surface area contributed by atoms with E-state index in [-0.39, 0.29) is 24.2 Å². The summed E-state index contributed by atoms with van der Waals surface area (Å²) in [5, 5.41) is 2.56. The molecule has 1 aromatic carbocycles. The Labute approximate surface area is 113 Å². The molecule has 1 amide bonds. The van der Waals surface area contributed by atoms with Gasteiger partial charge >= 0.3 is 0 Å². The highest BCUT2D eigenvalue weighted by atomic mass is 19.1. The maximum atomic E-state index is 13.0. The van der Waals surface area contributed by atoms with Gasteiger partial charge in [-0.3, -0.25) is 9.59 Å². The molecule has 0 spiro atoms. The Morgan fingerprint density at radius 3 is 2.50 bits per heavy atom. The Morgan fingerprint density at radius 1 is 1.15 bits per heavy atom. The zero-order valence-corrected chi connectivity index (χ0v) is 10.5. The van der Waals surface area contributed by atoms with Crippen LogP contribution in [0.4, 0.5) is 8.78 Å². The van der Waals surface area contributed by atoms with Crippen LogP contribution in [0.3, 0.4) is 0 Å². The second-order valence-corrected chi connectivity index (χ2v) is 4.21. The van der Waals surface area contributed by atoms with Crippen molar-refractivity contribution in [2.75, 3.05) is 6.54 Å². The molecular weight excluding hydrogens is 266 g/mol. The third-order valence-corrected chi connectivity index (χ3v) is 2.63. The van der Waals surface area contributed by atoms with Crippen molar-refractivity contribution >= 4 is 5.91 Å². The quantitative estimate of drug-likeness (QED) is 0.892. The van der Waals surface area contributed by atoms with Crippen LogP contribution in [0.1, 0.15) is 16.1 Å². The number of aromatic amines is 1. The van der Waals surface area contributed by atoms with Crippen LogP contribution >= 0.6 is 0 Å². The van der Waals surface area contributed by atoms with Crippen LogP contribution in [0.5, 0.6) is 0 Å². The van der Waals surface area contributed by atoms with Crippen molar-refractivity contribution in [1.29, 1.82) is 0 Å². The smallest absolute Gasteiger partial charge is 0.267 e. The average Bonchev–Trinajstić information content (AvgIpc) is 2.37. The van der Waals surface area contributed by atoms with Gasteiger partial charge in [0.25, 0.3) is 5.91 Å². The van der Waals surface area contributed by atoms with Crippen molar-refractivity contribution in [3.05, 3.63) is 69.6 Å². The van der Waals surface area contributed by atoms with Crippen LogP contribution in [0.25, 0.3) is 0 Å². The molecule has 1 heterocycles. The second-order valence-electron chi connectivity index (χ2n) is 4.21. The minimum absolute atomic E-state index is 0.142. The third-order valence-electron chi connectivity index (χ3n) is 2.63. The summed E-state index contributed by atoms with van der Waals surface area (Å²) < 4.78 is 25.9. The molecule has 0 saturated carbocycles. The molecule has 0 radical (unpaired) electrons. The van der Waals surface area contributed by atoms with E-state index in [2.05, 4.69) is 10.3 Å². The van der Waals surface area contributed by atoms with E-state index in [1.165, 1.54) is 30.3 Å². The van der Waals surface area contributed by atoms with E-state index in [1.54, 1.807) is 0 Å². The first kappa shape index (κ1) is 13.9. The lowest BCUT2D eigenvalue weighted by atomic mass is 10.1. The number of aromatic nitrogens is 1. The molecule has 2 rings (SSSR count). The Morgan fingerprint density at radius 2 is 1.85 bits per heavy atom. The minimum atomic E-state index is -0.654. The van der Waals surface area contributed by atoms with Crippen molar-refractivity contribution < 1.29 is 13.6 Å². The number of H-pyrrole nitrogens is 1. The molecule has 0 aliphatic carbocycles. The summed E-state index contributed by atoms with van der Waals surface area (Å²) >= 11 is 0. The van der Waals surface area contributed by atoms with E-state index < -0.39 is 17.5 Å². The molecule has 20 heavy (non-hydrogen) atoms. The van der Waals surface area contributed by atoms with Gasteiger partial charge in [0.1, 0.15) is 17.3 Å². The first-order valence-corrected chi connectivity index (χ1v) is 5.97. The van der Waals surface area contributed by atoms with Crippen molar-refractivity contribution in [3.63, 3.8) is 0 Å². The zero-order chi connectivity index (χ0) is 14.5. The maximum absolute atomic E-state index is 13.0. The molecule has 6 heteroatoms. The van der Waals surface area contributed by atoms with Crippen LogP contribution in [-0.4, -0.2) is 17.4 Å². The van der Waals surface area contributed by atoms with Gasteiger partial charge in [-0.1, -0.05) is 6.07 Å². The predicted molar refractivity (Wildman–Crippen MR) is 69.5 cm³/mol. The maximum Gasteiger partial charge on any atom is 0.267 e. The highest BCUT2D eigenvalue weighted by Crippen LogP contribution is 2.08. The first-order chi connectivity index (χ1) is 9.54. The van der Waals surface area contributed by atoms with Gasteiger partial charge in [0.15, 0.2) is 0 Å². The van der Waals surface area contributed by atoms with Gasteiger partial charge in [-0.05, 0) is 30.2 Å². The number of hydrogen-bond acceptors (Lipinski definition) is 2. The van der Waals surface area contributed by atoms with E-state index in [0.29, 0.717) is 5.56 Å². The Balaban J connectivity index is 1.92. The summed E-state index contributed by atoms with van der Waals surface area (Å²) in [5.41, 5.74) is 0.220. The summed E-state index contributed by atoms with van der Waals surface area (Å²) in [7, 11) is 0. The third kappa shape index (κ3) is 3.74. The van der Waals surface area contributed by atoms with E-state index in [9.17, 15) is 18.4 Å². The Hall–Kier alpha value is -2.50. The minimum Gasteiger partial charge on any atom is -0.350 e. The summed E-state index contributed by atoms with van der Waals surface area (Å²) in [6, 6.07) is 7.44. The molecule has 0 atom stereocenters. The molecule has 0 fully saturated rings. The highest BCUT2D eigenvalue weighted by Gasteiger charge is 2.06. The largest absolute Gasteiger partial charge is 0.350 e. The number of pyridine rings is 1. The first-order valence-electron chi connectivity index (χ1n) is 5.97. The summed E-state index contributed by atoms with van der Waals surface area (Å²) in [6.45, 7) is 0.207. The number of halogens is 2. The fraction of sp³-hybridized carbons (Fsp3) is 0.143. The van der Waals surface area contributed by atoms with Gasteiger partial charge in [0.2, 0.25) is 5.56 Å². The molecule has 0 aliphatic heterocycles. The molecule has 0 bridgehead atoms. The van der Waals surface area contributed by atoms with Gasteiger partial charge < -0.3 is 10.3 Å². The normalized spacial score (nSPS) is 10.3. The van der Waals surface area contributed by atoms with Crippen molar-refractivity contribution in [2.45, 2.75) is 6.42 Å². The fourth-order valence-electron chi connectivity index (χ4n) is 1.75. The van der Waals surface area contributed by atoms with Gasteiger partial charge in [-0.2, -0.15) is 0 Å². The van der Waals surface area contributed by atoms with Crippen LogP contribution in [0.2, 0.25) is 0 Å². The number of amides is 1. The van der Waals surface area contributed by atoms with Crippen molar-refractivity contribution in [1.82, 2.24) is 10.3 Å². The van der Waals surface area contributed by atoms with E-state index in [4.69, 9.17) is 0 Å². The van der Waals surface area contributed by atoms with Gasteiger partial charge in [-0.25, -0.2) is 8.78 Å². The second kappa shape index (κ2) is 6.10. The summed E-state index contributed by atoms with van der Waals surface area (Å²) in [5.74, 6) is -1.75. The molecule has 1 aromatic heterocycles. The topological polar surface area (TPSA) is 62.0 Å². The van der Waals surface area contributed by atoms with Gasteiger partial charge in [-0.15, -0.1) is 0 Å². The Bertz CT molecular complexity index is 663. The number of nitrogens with one attached hydrogen (secondary N) is 2. The lowest BCUT2D eigenvalue weighted by molar-refractivity contribution is 0.0949. The van der Waals surface area contributed by atoms with Crippen molar-refractivity contribution in [2.24, 2.45) is 0 Å². The van der Waals surface area contributed by atoms with E-state index in [0.717, 1.165) is 6.07 Å². The number of rotatable bonds is 4. The number of carbonyl (C=O) groups is 1. The predicted octanol–water partition coefficient (Wildman–Crippen LogP) is 1.63. The molecule has 0 aliphatic rings. The standard InChI is InChI=1S/C14H12F2N2O2/c15-10-6-9(7-11(16)8-10)4-5-17-14(20)12-2-1-3-13(19)18-12/h1-3,6-8H,4-5H2,(H,17,20)(H,18,19). The van der Waals surface area contributed by atoms with Gasteiger partial charge in [0, 0.05) is 18.7 Å².